The van der Waals surface area contributed by atoms with Gasteiger partial charge in [-0.25, -0.2) is 8.42 Å². The molecule has 0 aliphatic rings. The van der Waals surface area contributed by atoms with E-state index in [2.05, 4.69) is 11.8 Å². The number of carboxylic acids is 1. The van der Waals surface area contributed by atoms with Crippen LogP contribution in [0.3, 0.4) is 0 Å². The van der Waals surface area contributed by atoms with E-state index in [1.165, 1.54) is 6.08 Å². The van der Waals surface area contributed by atoms with Gasteiger partial charge in [-0.1, -0.05) is 59.3 Å². The second-order valence-corrected chi connectivity index (χ2v) is 8.72. The zero-order chi connectivity index (χ0) is 19.9. The molecular formula is C20H16Cl2O4S. The molecule has 1 atom stereocenters. The lowest BCUT2D eigenvalue weighted by atomic mass is 10.2. The second-order valence-electron chi connectivity index (χ2n) is 5.62. The Morgan fingerprint density at radius 1 is 1.04 bits per heavy atom. The zero-order valence-corrected chi connectivity index (χ0v) is 16.4. The quantitative estimate of drug-likeness (QED) is 0.703. The minimum absolute atomic E-state index is 0.297. The van der Waals surface area contributed by atoms with Gasteiger partial charge in [0.2, 0.25) is 0 Å². The molecule has 2 rings (SSSR count). The summed E-state index contributed by atoms with van der Waals surface area (Å²) >= 11 is 11.6. The molecule has 0 saturated carbocycles. The molecule has 0 fully saturated rings. The monoisotopic (exact) mass is 422 g/mol. The molecule has 2 aromatic rings. The summed E-state index contributed by atoms with van der Waals surface area (Å²) in [4.78, 5) is 11.4. The number of benzene rings is 2. The molecule has 0 saturated heterocycles. The molecule has 0 heterocycles. The first-order chi connectivity index (χ1) is 12.8. The third-order valence-corrected chi connectivity index (χ3v) is 5.98. The fourth-order valence-corrected chi connectivity index (χ4v) is 3.65. The summed E-state index contributed by atoms with van der Waals surface area (Å²) < 4.78 is 24.7. The molecule has 0 bridgehead atoms. The van der Waals surface area contributed by atoms with E-state index in [0.717, 1.165) is 5.56 Å². The molecule has 0 aliphatic heterocycles. The Morgan fingerprint density at radius 2 is 1.59 bits per heavy atom. The van der Waals surface area contributed by atoms with Gasteiger partial charge in [-0.2, -0.15) is 0 Å². The lowest BCUT2D eigenvalue weighted by Crippen LogP contribution is -2.31. The molecule has 0 aliphatic carbocycles. The van der Waals surface area contributed by atoms with Crippen molar-refractivity contribution in [3.05, 3.63) is 75.8 Å². The maximum absolute atomic E-state index is 12.4. The number of hydrogen-bond donors (Lipinski definition) is 1. The highest BCUT2D eigenvalue weighted by Gasteiger charge is 2.30. The molecule has 1 unspecified atom stereocenters. The standard InChI is InChI=1S/C20H16Cl2O4S/c21-17-10-6-15(7-11-17)3-1-5-19(20(23)24)27(25,26)14-2-4-16-8-12-18(22)13-9-16/h2,4,6-13,19H,5,14H2,(H,23,24). The van der Waals surface area contributed by atoms with Gasteiger partial charge >= 0.3 is 5.97 Å². The Morgan fingerprint density at radius 3 is 2.15 bits per heavy atom. The van der Waals surface area contributed by atoms with Crippen molar-refractivity contribution in [2.75, 3.05) is 5.75 Å². The molecule has 2 aromatic carbocycles. The van der Waals surface area contributed by atoms with Crippen LogP contribution >= 0.6 is 23.2 Å². The van der Waals surface area contributed by atoms with E-state index < -0.39 is 26.8 Å². The van der Waals surface area contributed by atoms with E-state index in [1.807, 2.05) is 0 Å². The molecule has 1 N–H and O–H groups in total. The number of carbonyl (C=O) groups is 1. The first-order valence-electron chi connectivity index (χ1n) is 7.89. The Bertz CT molecular complexity index is 983. The van der Waals surface area contributed by atoms with Gasteiger partial charge in [0.25, 0.3) is 0 Å². The Kier molecular flexibility index (Phi) is 7.49. The lowest BCUT2D eigenvalue weighted by Gasteiger charge is -2.08. The molecular weight excluding hydrogens is 407 g/mol. The summed E-state index contributed by atoms with van der Waals surface area (Å²) in [5.41, 5.74) is 1.40. The minimum atomic E-state index is -3.90. The van der Waals surface area contributed by atoms with Crippen LogP contribution in [-0.2, 0) is 14.6 Å². The fourth-order valence-electron chi connectivity index (χ4n) is 2.16. The van der Waals surface area contributed by atoms with E-state index in [1.54, 1.807) is 54.6 Å². The number of rotatable bonds is 6. The van der Waals surface area contributed by atoms with Gasteiger partial charge in [0.1, 0.15) is 0 Å². The van der Waals surface area contributed by atoms with Crippen LogP contribution in [0.15, 0.2) is 54.6 Å². The third kappa shape index (κ3) is 6.76. The van der Waals surface area contributed by atoms with Crippen LogP contribution in [0.1, 0.15) is 17.5 Å². The molecule has 0 amide bonds. The fraction of sp³-hybridized carbons (Fsp3) is 0.150. The maximum Gasteiger partial charge on any atom is 0.322 e. The summed E-state index contributed by atoms with van der Waals surface area (Å²) in [7, 11) is -3.90. The van der Waals surface area contributed by atoms with Crippen LogP contribution in [0, 0.1) is 11.8 Å². The SMILES string of the molecule is O=C(O)C(CC#Cc1ccc(Cl)cc1)S(=O)(=O)CC=Cc1ccc(Cl)cc1. The number of sulfone groups is 1. The Labute approximate surface area is 168 Å². The predicted molar refractivity (Wildman–Crippen MR) is 109 cm³/mol. The highest BCUT2D eigenvalue weighted by Crippen LogP contribution is 2.13. The van der Waals surface area contributed by atoms with Crippen LogP contribution in [0.25, 0.3) is 6.08 Å². The van der Waals surface area contributed by atoms with Gasteiger partial charge in [0.05, 0.1) is 5.75 Å². The second kappa shape index (κ2) is 9.61. The van der Waals surface area contributed by atoms with E-state index in [0.29, 0.717) is 15.6 Å². The van der Waals surface area contributed by atoms with Crippen molar-refractivity contribution < 1.29 is 18.3 Å². The largest absolute Gasteiger partial charge is 0.480 e. The van der Waals surface area contributed by atoms with Crippen molar-refractivity contribution in [3.63, 3.8) is 0 Å². The third-order valence-electron chi connectivity index (χ3n) is 3.58. The van der Waals surface area contributed by atoms with Crippen molar-refractivity contribution in [3.8, 4) is 11.8 Å². The molecule has 0 spiro atoms. The van der Waals surface area contributed by atoms with E-state index in [9.17, 15) is 18.3 Å². The predicted octanol–water partition coefficient (Wildman–Crippen LogP) is 4.32. The van der Waals surface area contributed by atoms with E-state index >= 15 is 0 Å². The minimum Gasteiger partial charge on any atom is -0.480 e. The van der Waals surface area contributed by atoms with Crippen molar-refractivity contribution in [1.82, 2.24) is 0 Å². The molecule has 4 nitrogen and oxygen atoms in total. The summed E-state index contributed by atoms with van der Waals surface area (Å²) in [5, 5.41) is 8.82. The molecule has 0 radical (unpaired) electrons. The zero-order valence-electron chi connectivity index (χ0n) is 14.1. The molecule has 27 heavy (non-hydrogen) atoms. The van der Waals surface area contributed by atoms with Gasteiger partial charge in [0.15, 0.2) is 15.1 Å². The number of aliphatic carboxylic acids is 1. The Hall–Kier alpha value is -2.26. The summed E-state index contributed by atoms with van der Waals surface area (Å²) in [6.45, 7) is 0. The number of hydrogen-bond acceptors (Lipinski definition) is 3. The first kappa shape index (κ1) is 21.0. The van der Waals surface area contributed by atoms with Crippen LogP contribution < -0.4 is 0 Å². The van der Waals surface area contributed by atoms with Crippen molar-refractivity contribution in [2.45, 2.75) is 11.7 Å². The Balaban J connectivity index is 2.06. The van der Waals surface area contributed by atoms with E-state index in [4.69, 9.17) is 23.2 Å². The topological polar surface area (TPSA) is 71.4 Å². The van der Waals surface area contributed by atoms with Gasteiger partial charge < -0.3 is 5.11 Å². The summed E-state index contributed by atoms with van der Waals surface area (Å²) in [6, 6.07) is 13.5. The lowest BCUT2D eigenvalue weighted by molar-refractivity contribution is -0.136. The van der Waals surface area contributed by atoms with Crippen LogP contribution in [-0.4, -0.2) is 30.5 Å². The highest BCUT2D eigenvalue weighted by molar-refractivity contribution is 7.92. The maximum atomic E-state index is 12.4. The normalized spacial score (nSPS) is 12.4. The number of halogens is 2. The summed E-state index contributed by atoms with van der Waals surface area (Å²) in [5.74, 6) is 3.57. The number of carboxylic acid groups (broad SMARTS) is 1. The summed E-state index contributed by atoms with van der Waals surface area (Å²) in [6.07, 6.45) is 2.72. The average Bonchev–Trinajstić information content (AvgIpc) is 2.61. The highest BCUT2D eigenvalue weighted by atomic mass is 35.5. The van der Waals surface area contributed by atoms with Crippen LogP contribution in [0.2, 0.25) is 10.0 Å². The van der Waals surface area contributed by atoms with E-state index in [-0.39, 0.29) is 6.42 Å². The smallest absolute Gasteiger partial charge is 0.322 e. The van der Waals surface area contributed by atoms with Crippen LogP contribution in [0.5, 0.6) is 0 Å². The van der Waals surface area contributed by atoms with Gasteiger partial charge in [-0.05, 0) is 42.0 Å². The molecule has 0 aromatic heterocycles. The van der Waals surface area contributed by atoms with Crippen molar-refractivity contribution in [1.29, 1.82) is 0 Å². The van der Waals surface area contributed by atoms with Crippen molar-refractivity contribution >= 4 is 45.1 Å². The van der Waals surface area contributed by atoms with Crippen LogP contribution in [0.4, 0.5) is 0 Å². The van der Waals surface area contributed by atoms with Gasteiger partial charge in [0, 0.05) is 22.0 Å². The first-order valence-corrected chi connectivity index (χ1v) is 10.4. The van der Waals surface area contributed by atoms with Crippen molar-refractivity contribution in [2.24, 2.45) is 0 Å². The van der Waals surface area contributed by atoms with Gasteiger partial charge in [-0.15, -0.1) is 0 Å². The molecule has 7 heteroatoms. The van der Waals surface area contributed by atoms with Gasteiger partial charge in [-0.3, -0.25) is 4.79 Å². The average molecular weight is 423 g/mol. The molecule has 140 valence electrons.